The van der Waals surface area contributed by atoms with E-state index in [1.54, 1.807) is 11.0 Å². The molecular formula is C31H27FN2O4. The summed E-state index contributed by atoms with van der Waals surface area (Å²) >= 11 is 0. The van der Waals surface area contributed by atoms with Crippen LogP contribution in [-0.2, 0) is 24.3 Å². The highest BCUT2D eigenvalue weighted by atomic mass is 19.1. The lowest BCUT2D eigenvalue weighted by Gasteiger charge is -2.24. The molecule has 0 aromatic heterocycles. The Balaban J connectivity index is 1.27. The number of nitrogens with zero attached hydrogens (tertiary/aromatic N) is 1. The normalized spacial score (nSPS) is 11.7. The molecule has 0 saturated carbocycles. The van der Waals surface area contributed by atoms with Crippen LogP contribution in [0, 0.1) is 12.7 Å². The maximum atomic E-state index is 13.8. The second-order valence-electron chi connectivity index (χ2n) is 9.19. The molecule has 1 heterocycles. The summed E-state index contributed by atoms with van der Waals surface area (Å²) in [5.41, 5.74) is 4.73. The zero-order valence-corrected chi connectivity index (χ0v) is 20.9. The molecule has 38 heavy (non-hydrogen) atoms. The molecule has 6 nitrogen and oxygen atoms in total. The highest BCUT2D eigenvalue weighted by Crippen LogP contribution is 2.32. The molecule has 7 heteroatoms. The second kappa shape index (κ2) is 11.2. The Bertz CT molecular complexity index is 1450. The number of benzene rings is 4. The number of hydrogen-bond donors (Lipinski definition) is 1. The van der Waals surface area contributed by atoms with Crippen LogP contribution in [0.2, 0.25) is 0 Å². The molecule has 1 aliphatic heterocycles. The molecule has 0 radical (unpaired) electrons. The van der Waals surface area contributed by atoms with Crippen molar-refractivity contribution in [3.63, 3.8) is 0 Å². The summed E-state index contributed by atoms with van der Waals surface area (Å²) in [7, 11) is 0. The van der Waals surface area contributed by atoms with Crippen LogP contribution < -0.4 is 19.7 Å². The number of nitrogens with one attached hydrogen (secondary N) is 1. The molecular weight excluding hydrogens is 483 g/mol. The zero-order valence-electron chi connectivity index (χ0n) is 20.9. The van der Waals surface area contributed by atoms with E-state index in [9.17, 15) is 14.0 Å². The standard InChI is InChI=1S/C31H27FN2O4/c1-21-5-7-23(8-6-21)19-34(31(36)25-3-2-4-26(32)17-25)27-12-9-22(10-13-27)16-30(35)33-18-24-11-14-28-29(15-24)38-20-37-28/h2-15,17H,16,18-20H2,1H3,(H,33,35). The predicted octanol–water partition coefficient (Wildman–Crippen LogP) is 5.57. The Hall–Kier alpha value is -4.65. The van der Waals surface area contributed by atoms with Crippen molar-refractivity contribution in [2.75, 3.05) is 11.7 Å². The molecule has 0 unspecified atom stereocenters. The smallest absolute Gasteiger partial charge is 0.258 e. The first-order chi connectivity index (χ1) is 18.4. The van der Waals surface area contributed by atoms with Gasteiger partial charge in [0.1, 0.15) is 5.82 Å². The average Bonchev–Trinajstić information content (AvgIpc) is 3.40. The van der Waals surface area contributed by atoms with Gasteiger partial charge < -0.3 is 19.7 Å². The van der Waals surface area contributed by atoms with Gasteiger partial charge in [0.05, 0.1) is 13.0 Å². The molecule has 0 spiro atoms. The van der Waals surface area contributed by atoms with Crippen molar-refractivity contribution < 1.29 is 23.5 Å². The van der Waals surface area contributed by atoms with Crippen LogP contribution >= 0.6 is 0 Å². The summed E-state index contributed by atoms with van der Waals surface area (Å²) in [5, 5.41) is 2.92. The van der Waals surface area contributed by atoms with Gasteiger partial charge in [-0.15, -0.1) is 0 Å². The van der Waals surface area contributed by atoms with E-state index >= 15 is 0 Å². The Morgan fingerprint density at radius 3 is 2.32 bits per heavy atom. The minimum Gasteiger partial charge on any atom is -0.454 e. The number of ether oxygens (including phenoxy) is 2. The fourth-order valence-corrected chi connectivity index (χ4v) is 4.23. The Labute approximate surface area is 220 Å². The minimum absolute atomic E-state index is 0.122. The van der Waals surface area contributed by atoms with Gasteiger partial charge in [-0.1, -0.05) is 54.1 Å². The van der Waals surface area contributed by atoms with Crippen LogP contribution in [0.25, 0.3) is 0 Å². The van der Waals surface area contributed by atoms with E-state index < -0.39 is 5.82 Å². The van der Waals surface area contributed by atoms with Crippen molar-refractivity contribution in [1.82, 2.24) is 5.32 Å². The SMILES string of the molecule is Cc1ccc(CN(C(=O)c2cccc(F)c2)c2ccc(CC(=O)NCc3ccc4c(c3)OCO4)cc2)cc1. The summed E-state index contributed by atoms with van der Waals surface area (Å²) < 4.78 is 24.5. The molecule has 5 rings (SSSR count). The molecule has 192 valence electrons. The van der Waals surface area contributed by atoms with Gasteiger partial charge in [-0.3, -0.25) is 9.59 Å². The molecule has 0 bridgehead atoms. The fraction of sp³-hybridized carbons (Fsp3) is 0.161. The number of carbonyl (C=O) groups excluding carboxylic acids is 2. The number of anilines is 1. The molecule has 0 aliphatic carbocycles. The number of hydrogen-bond acceptors (Lipinski definition) is 4. The minimum atomic E-state index is -0.465. The fourth-order valence-electron chi connectivity index (χ4n) is 4.23. The van der Waals surface area contributed by atoms with E-state index in [1.165, 1.54) is 18.2 Å². The molecule has 2 amide bonds. The average molecular weight is 511 g/mol. The zero-order chi connectivity index (χ0) is 26.5. The second-order valence-corrected chi connectivity index (χ2v) is 9.19. The van der Waals surface area contributed by atoms with Gasteiger partial charge in [0, 0.05) is 17.8 Å². The van der Waals surface area contributed by atoms with Crippen molar-refractivity contribution in [2.24, 2.45) is 0 Å². The van der Waals surface area contributed by atoms with Gasteiger partial charge in [-0.05, 0) is 66.1 Å². The Morgan fingerprint density at radius 2 is 1.55 bits per heavy atom. The summed E-state index contributed by atoms with van der Waals surface area (Å²) in [4.78, 5) is 27.6. The van der Waals surface area contributed by atoms with Crippen LogP contribution in [0.3, 0.4) is 0 Å². The van der Waals surface area contributed by atoms with Crippen molar-refractivity contribution >= 4 is 17.5 Å². The summed E-state index contributed by atoms with van der Waals surface area (Å²) in [6.45, 7) is 2.91. The third-order valence-corrected chi connectivity index (χ3v) is 6.32. The van der Waals surface area contributed by atoms with Crippen molar-refractivity contribution in [3.05, 3.63) is 125 Å². The first kappa shape index (κ1) is 25.0. The molecule has 1 aliphatic rings. The van der Waals surface area contributed by atoms with Crippen LogP contribution in [0.4, 0.5) is 10.1 Å². The number of fused-ring (bicyclic) bond motifs is 1. The van der Waals surface area contributed by atoms with Crippen molar-refractivity contribution in [1.29, 1.82) is 0 Å². The molecule has 0 saturated heterocycles. The van der Waals surface area contributed by atoms with Crippen LogP contribution in [0.1, 0.15) is 32.6 Å². The van der Waals surface area contributed by atoms with Crippen LogP contribution in [0.15, 0.2) is 91.0 Å². The van der Waals surface area contributed by atoms with Gasteiger partial charge in [0.25, 0.3) is 5.91 Å². The summed E-state index contributed by atoms with van der Waals surface area (Å²) in [6.07, 6.45) is 0.195. The van der Waals surface area contributed by atoms with E-state index in [0.29, 0.717) is 30.3 Å². The first-order valence-electron chi connectivity index (χ1n) is 12.3. The largest absolute Gasteiger partial charge is 0.454 e. The number of amides is 2. The van der Waals surface area contributed by atoms with E-state index in [4.69, 9.17) is 9.47 Å². The number of halogens is 1. The van der Waals surface area contributed by atoms with E-state index in [1.807, 2.05) is 73.7 Å². The third-order valence-electron chi connectivity index (χ3n) is 6.32. The quantitative estimate of drug-likeness (QED) is 0.337. The Morgan fingerprint density at radius 1 is 0.842 bits per heavy atom. The highest BCUT2D eigenvalue weighted by molar-refractivity contribution is 6.06. The van der Waals surface area contributed by atoms with Crippen LogP contribution in [0.5, 0.6) is 11.5 Å². The monoisotopic (exact) mass is 510 g/mol. The molecule has 0 fully saturated rings. The number of aryl methyl sites for hydroxylation is 1. The molecule has 1 N–H and O–H groups in total. The van der Waals surface area contributed by atoms with Crippen molar-refractivity contribution in [2.45, 2.75) is 26.4 Å². The third kappa shape index (κ3) is 6.00. The van der Waals surface area contributed by atoms with Gasteiger partial charge in [-0.2, -0.15) is 0 Å². The predicted molar refractivity (Wildman–Crippen MR) is 143 cm³/mol. The lowest BCUT2D eigenvalue weighted by atomic mass is 10.1. The maximum Gasteiger partial charge on any atom is 0.258 e. The van der Waals surface area contributed by atoms with E-state index in [0.717, 1.165) is 22.3 Å². The topological polar surface area (TPSA) is 67.9 Å². The lowest BCUT2D eigenvalue weighted by Crippen LogP contribution is -2.30. The summed E-state index contributed by atoms with van der Waals surface area (Å²) in [5.74, 6) is 0.484. The summed E-state index contributed by atoms with van der Waals surface area (Å²) in [6, 6.07) is 26.5. The van der Waals surface area contributed by atoms with Gasteiger partial charge >= 0.3 is 0 Å². The Kier molecular flexibility index (Phi) is 7.35. The lowest BCUT2D eigenvalue weighted by molar-refractivity contribution is -0.120. The van der Waals surface area contributed by atoms with Crippen molar-refractivity contribution in [3.8, 4) is 11.5 Å². The van der Waals surface area contributed by atoms with E-state index in [2.05, 4.69) is 5.32 Å². The molecule has 0 atom stereocenters. The molecule has 4 aromatic carbocycles. The van der Waals surface area contributed by atoms with Crippen LogP contribution in [-0.4, -0.2) is 18.6 Å². The number of carbonyl (C=O) groups is 2. The van der Waals surface area contributed by atoms with E-state index in [-0.39, 0.29) is 30.6 Å². The highest BCUT2D eigenvalue weighted by Gasteiger charge is 2.19. The van der Waals surface area contributed by atoms with Gasteiger partial charge in [-0.25, -0.2) is 4.39 Å². The van der Waals surface area contributed by atoms with Gasteiger partial charge in [0.15, 0.2) is 11.5 Å². The van der Waals surface area contributed by atoms with Gasteiger partial charge in [0.2, 0.25) is 12.7 Å². The number of rotatable bonds is 8. The molecule has 4 aromatic rings. The first-order valence-corrected chi connectivity index (χ1v) is 12.3. The maximum absolute atomic E-state index is 13.8.